The lowest BCUT2D eigenvalue weighted by molar-refractivity contribution is -0.113. The molecular formula is C23H23ClN6OS. The van der Waals surface area contributed by atoms with E-state index in [9.17, 15) is 4.79 Å². The summed E-state index contributed by atoms with van der Waals surface area (Å²) in [5.41, 5.74) is 2.98. The Morgan fingerprint density at radius 1 is 1.06 bits per heavy atom. The van der Waals surface area contributed by atoms with Gasteiger partial charge in [-0.3, -0.25) is 9.36 Å². The number of nitrogens with one attached hydrogen (secondary N) is 1. The molecule has 164 valence electrons. The van der Waals surface area contributed by atoms with Gasteiger partial charge in [0.2, 0.25) is 5.91 Å². The second-order valence-electron chi connectivity index (χ2n) is 7.58. The third kappa shape index (κ3) is 4.87. The molecular weight excluding hydrogens is 444 g/mol. The Morgan fingerprint density at radius 2 is 1.78 bits per heavy atom. The number of thioether (sulfide) groups is 1. The molecule has 9 heteroatoms. The number of hydrogen-bond donors (Lipinski definition) is 1. The molecule has 0 bridgehead atoms. The number of aryl methyl sites for hydroxylation is 1. The van der Waals surface area contributed by atoms with Gasteiger partial charge in [-0.15, -0.1) is 10.2 Å². The van der Waals surface area contributed by atoms with Gasteiger partial charge >= 0.3 is 0 Å². The maximum atomic E-state index is 12.6. The van der Waals surface area contributed by atoms with Crippen LogP contribution in [-0.4, -0.2) is 36.2 Å². The van der Waals surface area contributed by atoms with Crippen molar-refractivity contribution in [1.82, 2.24) is 24.5 Å². The standard InChI is InChI=1S/C23H23ClN6OS/c1-15(2)30-20(12-13-25-30)26-21(31)14-32-23-28-27-22(17-6-4-16(3)5-7-17)29(23)19-10-8-18(24)9-11-19/h4-13,15H,14H2,1-3H3,(H,26,31). The minimum atomic E-state index is -0.139. The van der Waals surface area contributed by atoms with E-state index < -0.39 is 0 Å². The van der Waals surface area contributed by atoms with Gasteiger partial charge in [0.1, 0.15) is 5.82 Å². The monoisotopic (exact) mass is 466 g/mol. The van der Waals surface area contributed by atoms with E-state index in [1.54, 1.807) is 16.9 Å². The van der Waals surface area contributed by atoms with E-state index in [-0.39, 0.29) is 17.7 Å². The van der Waals surface area contributed by atoms with Crippen molar-refractivity contribution in [3.8, 4) is 17.1 Å². The molecule has 0 aliphatic heterocycles. The Kier molecular flexibility index (Phi) is 6.62. The van der Waals surface area contributed by atoms with Crippen LogP contribution in [0.25, 0.3) is 17.1 Å². The van der Waals surface area contributed by atoms with Crippen LogP contribution in [0.1, 0.15) is 25.5 Å². The molecule has 2 heterocycles. The molecule has 4 rings (SSSR count). The molecule has 0 aliphatic carbocycles. The van der Waals surface area contributed by atoms with E-state index in [0.717, 1.165) is 11.3 Å². The van der Waals surface area contributed by atoms with Crippen molar-refractivity contribution in [2.45, 2.75) is 32.0 Å². The van der Waals surface area contributed by atoms with Crippen molar-refractivity contribution < 1.29 is 4.79 Å². The fourth-order valence-electron chi connectivity index (χ4n) is 3.21. The molecule has 0 saturated heterocycles. The number of anilines is 1. The quantitative estimate of drug-likeness (QED) is 0.369. The molecule has 1 N–H and O–H groups in total. The Bertz CT molecular complexity index is 1210. The highest BCUT2D eigenvalue weighted by atomic mass is 35.5. The molecule has 1 amide bonds. The van der Waals surface area contributed by atoms with Crippen molar-refractivity contribution in [2.75, 3.05) is 11.1 Å². The number of carbonyl (C=O) groups excluding carboxylic acids is 1. The Labute approximate surface area is 195 Å². The highest BCUT2D eigenvalue weighted by molar-refractivity contribution is 7.99. The van der Waals surface area contributed by atoms with E-state index in [1.165, 1.54) is 17.3 Å². The minimum absolute atomic E-state index is 0.139. The van der Waals surface area contributed by atoms with Gasteiger partial charge in [0.05, 0.1) is 11.9 Å². The van der Waals surface area contributed by atoms with E-state index in [1.807, 2.05) is 73.9 Å². The molecule has 7 nitrogen and oxygen atoms in total. The second-order valence-corrected chi connectivity index (χ2v) is 8.95. The molecule has 2 aromatic heterocycles. The highest BCUT2D eigenvalue weighted by Crippen LogP contribution is 2.29. The summed E-state index contributed by atoms with van der Waals surface area (Å²) in [4.78, 5) is 12.6. The van der Waals surface area contributed by atoms with E-state index in [2.05, 4.69) is 20.6 Å². The molecule has 4 aromatic rings. The summed E-state index contributed by atoms with van der Waals surface area (Å²) in [5, 5.41) is 17.2. The summed E-state index contributed by atoms with van der Waals surface area (Å²) in [6, 6.07) is 17.5. The van der Waals surface area contributed by atoms with Crippen LogP contribution in [0.4, 0.5) is 5.82 Å². The van der Waals surface area contributed by atoms with Crippen molar-refractivity contribution in [2.24, 2.45) is 0 Å². The first-order valence-electron chi connectivity index (χ1n) is 10.2. The fourth-order valence-corrected chi connectivity index (χ4v) is 4.09. The Morgan fingerprint density at radius 3 is 2.47 bits per heavy atom. The van der Waals surface area contributed by atoms with Crippen molar-refractivity contribution >= 4 is 35.1 Å². The van der Waals surface area contributed by atoms with Crippen LogP contribution in [0.15, 0.2) is 66.0 Å². The largest absolute Gasteiger partial charge is 0.310 e. The summed E-state index contributed by atoms with van der Waals surface area (Å²) >= 11 is 7.41. The summed E-state index contributed by atoms with van der Waals surface area (Å²) in [6.45, 7) is 6.07. The lowest BCUT2D eigenvalue weighted by Gasteiger charge is -2.12. The second kappa shape index (κ2) is 9.58. The number of hydrogen-bond acceptors (Lipinski definition) is 5. The first-order chi connectivity index (χ1) is 15.4. The van der Waals surface area contributed by atoms with Crippen LogP contribution < -0.4 is 5.32 Å². The number of nitrogens with zero attached hydrogens (tertiary/aromatic N) is 5. The van der Waals surface area contributed by atoms with Gasteiger partial charge in [-0.1, -0.05) is 53.2 Å². The fraction of sp³-hybridized carbons (Fsp3) is 0.217. The highest BCUT2D eigenvalue weighted by Gasteiger charge is 2.18. The van der Waals surface area contributed by atoms with Gasteiger partial charge in [0, 0.05) is 28.4 Å². The van der Waals surface area contributed by atoms with E-state index >= 15 is 0 Å². The summed E-state index contributed by atoms with van der Waals surface area (Å²) in [7, 11) is 0. The van der Waals surface area contributed by atoms with E-state index in [4.69, 9.17) is 11.6 Å². The number of aromatic nitrogens is 5. The topological polar surface area (TPSA) is 77.6 Å². The Balaban J connectivity index is 1.59. The van der Waals surface area contributed by atoms with Crippen molar-refractivity contribution in [3.63, 3.8) is 0 Å². The van der Waals surface area contributed by atoms with Gasteiger partial charge in [-0.2, -0.15) is 5.10 Å². The molecule has 0 radical (unpaired) electrons. The predicted molar refractivity (Wildman–Crippen MR) is 129 cm³/mol. The number of rotatable bonds is 7. The first-order valence-corrected chi connectivity index (χ1v) is 11.5. The molecule has 0 aliphatic rings. The zero-order valence-corrected chi connectivity index (χ0v) is 19.6. The SMILES string of the molecule is Cc1ccc(-c2nnc(SCC(=O)Nc3ccnn3C(C)C)n2-c2ccc(Cl)cc2)cc1. The minimum Gasteiger partial charge on any atom is -0.310 e. The predicted octanol–water partition coefficient (Wildman–Crippen LogP) is 5.40. The van der Waals surface area contributed by atoms with Crippen LogP contribution in [0, 0.1) is 6.92 Å². The van der Waals surface area contributed by atoms with Crippen LogP contribution >= 0.6 is 23.4 Å². The first kappa shape index (κ1) is 22.1. The normalized spacial score (nSPS) is 11.2. The number of halogens is 1. The van der Waals surface area contributed by atoms with Gasteiger partial charge < -0.3 is 5.32 Å². The zero-order chi connectivity index (χ0) is 22.7. The molecule has 0 spiro atoms. The molecule has 0 saturated carbocycles. The van der Waals surface area contributed by atoms with Gasteiger partial charge in [0.15, 0.2) is 11.0 Å². The average Bonchev–Trinajstić information content (AvgIpc) is 3.40. The summed E-state index contributed by atoms with van der Waals surface area (Å²) < 4.78 is 3.71. The lowest BCUT2D eigenvalue weighted by atomic mass is 10.1. The van der Waals surface area contributed by atoms with Crippen LogP contribution in [0.2, 0.25) is 5.02 Å². The maximum absolute atomic E-state index is 12.6. The molecule has 2 aromatic carbocycles. The van der Waals surface area contributed by atoms with Crippen LogP contribution in [0.3, 0.4) is 0 Å². The molecule has 32 heavy (non-hydrogen) atoms. The third-order valence-electron chi connectivity index (χ3n) is 4.79. The smallest absolute Gasteiger partial charge is 0.235 e. The molecule has 0 fully saturated rings. The van der Waals surface area contributed by atoms with Gasteiger partial charge in [-0.05, 0) is 45.0 Å². The average molecular weight is 467 g/mol. The maximum Gasteiger partial charge on any atom is 0.235 e. The van der Waals surface area contributed by atoms with Gasteiger partial charge in [-0.25, -0.2) is 4.68 Å². The summed E-state index contributed by atoms with van der Waals surface area (Å²) in [6.07, 6.45) is 1.67. The molecule has 0 atom stereocenters. The number of carbonyl (C=O) groups is 1. The summed E-state index contributed by atoms with van der Waals surface area (Å²) in [5.74, 6) is 1.42. The Hall–Kier alpha value is -3.10. The molecule has 0 unspecified atom stereocenters. The third-order valence-corrected chi connectivity index (χ3v) is 5.97. The number of benzene rings is 2. The lowest BCUT2D eigenvalue weighted by Crippen LogP contribution is -2.18. The van der Waals surface area contributed by atoms with Crippen molar-refractivity contribution in [3.05, 3.63) is 71.4 Å². The van der Waals surface area contributed by atoms with Crippen molar-refractivity contribution in [1.29, 1.82) is 0 Å². The van der Waals surface area contributed by atoms with Crippen LogP contribution in [0.5, 0.6) is 0 Å². The van der Waals surface area contributed by atoms with E-state index in [0.29, 0.717) is 21.8 Å². The van der Waals surface area contributed by atoms with Gasteiger partial charge in [0.25, 0.3) is 0 Å². The number of amides is 1. The zero-order valence-electron chi connectivity index (χ0n) is 18.0. The van der Waals surface area contributed by atoms with Crippen LogP contribution in [-0.2, 0) is 4.79 Å².